The number of hydrogen-bond donors (Lipinski definition) is 0. The first kappa shape index (κ1) is 12.1. The number of rotatable bonds is 0. The molecule has 0 bridgehead atoms. The minimum Gasteiger partial charge on any atom is -0.289 e. The molecular weight excluding hydrogens is 252 g/mol. The van der Waals surface area contributed by atoms with Crippen LogP contribution in [0.1, 0.15) is 29.8 Å². The summed E-state index contributed by atoms with van der Waals surface area (Å²) in [7, 11) is 0. The Bertz CT molecular complexity index is 724. The van der Waals surface area contributed by atoms with Crippen LogP contribution in [0.4, 0.5) is 0 Å². The maximum atomic E-state index is 12.3. The van der Waals surface area contributed by atoms with Crippen molar-refractivity contribution >= 4 is 17.1 Å². The number of fused-ring (bicyclic) bond motifs is 5. The third kappa shape index (κ3) is 1.64. The Labute approximate surface area is 116 Å². The van der Waals surface area contributed by atoms with Crippen LogP contribution in [0.25, 0.3) is 21.6 Å². The lowest BCUT2D eigenvalue weighted by atomic mass is 10.1. The predicted molar refractivity (Wildman–Crippen MR) is 81.2 cm³/mol. The molecule has 4 rings (SSSR count). The van der Waals surface area contributed by atoms with E-state index >= 15 is 0 Å². The Morgan fingerprint density at radius 2 is 1.68 bits per heavy atom. The van der Waals surface area contributed by atoms with E-state index in [9.17, 15) is 4.79 Å². The summed E-state index contributed by atoms with van der Waals surface area (Å²) in [5.41, 5.74) is 5.08. The highest BCUT2D eigenvalue weighted by Gasteiger charge is 2.32. The lowest BCUT2D eigenvalue weighted by molar-refractivity contribution is 0.104. The predicted octanol–water partition coefficient (Wildman–Crippen LogP) is 5.09. The van der Waals surface area contributed by atoms with Crippen LogP contribution in [0.3, 0.4) is 0 Å². The van der Waals surface area contributed by atoms with Gasteiger partial charge in [-0.1, -0.05) is 44.2 Å². The van der Waals surface area contributed by atoms with E-state index in [2.05, 4.69) is 12.1 Å². The summed E-state index contributed by atoms with van der Waals surface area (Å²) in [5.74, 6) is 0.178. The standard InChI is InChI=1S/C15H8OS.C2H6/c16-14-11-6-7-17-15(11)12-8-9-4-2-1-3-5-10(9)13(12)14;1-2/h1-8H;1-2H3. The summed E-state index contributed by atoms with van der Waals surface area (Å²) in [6, 6.07) is 14.1. The second kappa shape index (κ2) is 4.63. The second-order valence-electron chi connectivity index (χ2n) is 4.21. The zero-order chi connectivity index (χ0) is 13.4. The summed E-state index contributed by atoms with van der Waals surface area (Å²) < 4.78 is 0. The fourth-order valence-corrected chi connectivity index (χ4v) is 3.46. The van der Waals surface area contributed by atoms with E-state index < -0.39 is 0 Å². The number of thiophene rings is 1. The Kier molecular flexibility index (Phi) is 2.96. The topological polar surface area (TPSA) is 17.1 Å². The van der Waals surface area contributed by atoms with E-state index in [0.29, 0.717) is 0 Å². The van der Waals surface area contributed by atoms with Crippen LogP contribution in [0, 0.1) is 0 Å². The number of carbonyl (C=O) groups excluding carboxylic acids is 1. The molecule has 1 heterocycles. The molecular formula is C17H14OS. The number of carbonyl (C=O) groups is 1. The van der Waals surface area contributed by atoms with Gasteiger partial charge in [0.1, 0.15) is 0 Å². The van der Waals surface area contributed by atoms with Crippen molar-refractivity contribution in [2.75, 3.05) is 0 Å². The van der Waals surface area contributed by atoms with Gasteiger partial charge in [0.25, 0.3) is 0 Å². The van der Waals surface area contributed by atoms with E-state index in [1.165, 1.54) is 0 Å². The Balaban J connectivity index is 0.000000528. The van der Waals surface area contributed by atoms with Gasteiger partial charge in [-0.05, 0) is 28.6 Å². The van der Waals surface area contributed by atoms with E-state index in [1.54, 1.807) is 11.3 Å². The SMILES string of the molecule is CC.O=C1c2ccsc2-c2cc3cccccc-3c21. The van der Waals surface area contributed by atoms with Crippen molar-refractivity contribution in [2.45, 2.75) is 13.8 Å². The minimum absolute atomic E-state index is 0.178. The summed E-state index contributed by atoms with van der Waals surface area (Å²) in [4.78, 5) is 13.5. The van der Waals surface area contributed by atoms with Crippen LogP contribution in [0.2, 0.25) is 0 Å². The van der Waals surface area contributed by atoms with Gasteiger partial charge in [0.05, 0.1) is 0 Å². The molecule has 0 N–H and O–H groups in total. The fourth-order valence-electron chi connectivity index (χ4n) is 2.54. The third-order valence-electron chi connectivity index (χ3n) is 3.29. The normalized spacial score (nSPS) is 11.8. The van der Waals surface area contributed by atoms with Crippen LogP contribution < -0.4 is 0 Å². The Morgan fingerprint density at radius 3 is 2.53 bits per heavy atom. The smallest absolute Gasteiger partial charge is 0.195 e. The molecule has 3 aliphatic carbocycles. The molecule has 0 amide bonds. The molecule has 19 heavy (non-hydrogen) atoms. The molecule has 0 radical (unpaired) electrons. The Hall–Kier alpha value is -1.93. The molecule has 0 aliphatic heterocycles. The summed E-state index contributed by atoms with van der Waals surface area (Å²) in [6.07, 6.45) is 0. The lowest BCUT2D eigenvalue weighted by Gasteiger charge is -1.96. The highest BCUT2D eigenvalue weighted by molar-refractivity contribution is 7.14. The highest BCUT2D eigenvalue weighted by Crippen LogP contribution is 2.47. The molecule has 94 valence electrons. The molecule has 1 aromatic rings. The average Bonchev–Trinajstić information content (AvgIpc) is 3.05. The van der Waals surface area contributed by atoms with Gasteiger partial charge in [-0.15, -0.1) is 11.3 Å². The maximum Gasteiger partial charge on any atom is 0.195 e. The average molecular weight is 266 g/mol. The Morgan fingerprint density at radius 1 is 0.895 bits per heavy atom. The van der Waals surface area contributed by atoms with Crippen molar-refractivity contribution in [2.24, 2.45) is 0 Å². The van der Waals surface area contributed by atoms with Crippen LogP contribution in [-0.2, 0) is 0 Å². The van der Waals surface area contributed by atoms with Crippen molar-refractivity contribution in [1.82, 2.24) is 0 Å². The van der Waals surface area contributed by atoms with Crippen LogP contribution >= 0.6 is 11.3 Å². The van der Waals surface area contributed by atoms with Crippen LogP contribution in [0.15, 0.2) is 47.8 Å². The maximum absolute atomic E-state index is 12.3. The van der Waals surface area contributed by atoms with Gasteiger partial charge < -0.3 is 0 Å². The molecule has 0 unspecified atom stereocenters. The highest BCUT2D eigenvalue weighted by atomic mass is 32.1. The molecule has 0 saturated heterocycles. The lowest BCUT2D eigenvalue weighted by Crippen LogP contribution is -1.94. The monoisotopic (exact) mass is 266 g/mol. The van der Waals surface area contributed by atoms with Gasteiger partial charge in [0.15, 0.2) is 5.78 Å². The van der Waals surface area contributed by atoms with Crippen molar-refractivity contribution < 1.29 is 4.79 Å². The summed E-state index contributed by atoms with van der Waals surface area (Å²) in [5, 5.41) is 1.99. The van der Waals surface area contributed by atoms with E-state index in [0.717, 1.165) is 32.7 Å². The van der Waals surface area contributed by atoms with E-state index in [4.69, 9.17) is 0 Å². The first-order chi connectivity index (χ1) is 9.36. The molecule has 0 atom stereocenters. The van der Waals surface area contributed by atoms with Gasteiger partial charge in [-0.25, -0.2) is 0 Å². The second-order valence-corrected chi connectivity index (χ2v) is 5.12. The largest absolute Gasteiger partial charge is 0.289 e. The molecule has 3 aliphatic rings. The quantitative estimate of drug-likeness (QED) is 0.433. The molecule has 1 nitrogen and oxygen atoms in total. The van der Waals surface area contributed by atoms with Crippen molar-refractivity contribution in [1.29, 1.82) is 0 Å². The fraction of sp³-hybridized carbons (Fsp3) is 0.118. The van der Waals surface area contributed by atoms with Crippen molar-refractivity contribution in [3.63, 3.8) is 0 Å². The molecule has 1 aromatic heterocycles. The zero-order valence-electron chi connectivity index (χ0n) is 10.9. The van der Waals surface area contributed by atoms with Gasteiger partial charge in [0.2, 0.25) is 0 Å². The van der Waals surface area contributed by atoms with Crippen molar-refractivity contribution in [3.8, 4) is 21.6 Å². The van der Waals surface area contributed by atoms with Gasteiger partial charge in [-0.3, -0.25) is 4.79 Å². The van der Waals surface area contributed by atoms with Gasteiger partial charge >= 0.3 is 0 Å². The third-order valence-corrected chi connectivity index (χ3v) is 4.24. The molecule has 0 aromatic carbocycles. The molecule has 0 fully saturated rings. The zero-order valence-corrected chi connectivity index (χ0v) is 11.8. The summed E-state index contributed by atoms with van der Waals surface area (Å²) in [6.45, 7) is 4.00. The molecule has 0 spiro atoms. The van der Waals surface area contributed by atoms with Gasteiger partial charge in [0, 0.05) is 21.6 Å². The number of hydrogen-bond acceptors (Lipinski definition) is 2. The van der Waals surface area contributed by atoms with E-state index in [-0.39, 0.29) is 5.78 Å². The molecule has 2 heteroatoms. The minimum atomic E-state index is 0.178. The molecule has 0 saturated carbocycles. The van der Waals surface area contributed by atoms with E-state index in [1.807, 2.05) is 49.6 Å². The van der Waals surface area contributed by atoms with Crippen LogP contribution in [-0.4, -0.2) is 5.78 Å². The van der Waals surface area contributed by atoms with Crippen molar-refractivity contribution in [3.05, 3.63) is 59.0 Å². The first-order valence-electron chi connectivity index (χ1n) is 6.50. The number of ketones is 1. The summed E-state index contributed by atoms with van der Waals surface area (Å²) >= 11 is 1.65. The van der Waals surface area contributed by atoms with Gasteiger partial charge in [-0.2, -0.15) is 0 Å². The van der Waals surface area contributed by atoms with Crippen LogP contribution in [0.5, 0.6) is 0 Å². The first-order valence-corrected chi connectivity index (χ1v) is 7.38.